The normalized spacial score (nSPS) is 10.6. The average Bonchev–Trinajstić information content (AvgIpc) is 3.11. The number of benzene rings is 2. The third-order valence-electron chi connectivity index (χ3n) is 5.00. The number of thioether (sulfide) groups is 1. The molecule has 1 aromatic heterocycles. The highest BCUT2D eigenvalue weighted by Gasteiger charge is 2.22. The van der Waals surface area contributed by atoms with E-state index in [-0.39, 0.29) is 28.7 Å². The van der Waals surface area contributed by atoms with Gasteiger partial charge in [0.2, 0.25) is 11.7 Å². The summed E-state index contributed by atoms with van der Waals surface area (Å²) in [6.45, 7) is 4.29. The summed E-state index contributed by atoms with van der Waals surface area (Å²) in [5.41, 5.74) is 2.47. The van der Waals surface area contributed by atoms with Gasteiger partial charge in [0.25, 0.3) is 0 Å². The minimum Gasteiger partial charge on any atom is -0.454 e. The Morgan fingerprint density at radius 2 is 1.71 bits per heavy atom. The van der Waals surface area contributed by atoms with Crippen LogP contribution in [0.2, 0.25) is 0 Å². The van der Waals surface area contributed by atoms with Gasteiger partial charge in [-0.3, -0.25) is 14.4 Å². The minimum atomic E-state index is -0.705. The Hall–Kier alpha value is -3.72. The smallest absolute Gasteiger partial charge is 0.339 e. The van der Waals surface area contributed by atoms with Crippen molar-refractivity contribution in [2.45, 2.75) is 25.7 Å². The molecule has 3 rings (SSSR count). The van der Waals surface area contributed by atoms with E-state index in [2.05, 4.69) is 10.3 Å². The SMILES string of the molecule is CC(=O)c1c(C)[nH]c(C(=O)COC(=O)c2ccccc2SCC(=O)Nc2ccc(F)cc2)c1C. The zero-order chi connectivity index (χ0) is 24.8. The van der Waals surface area contributed by atoms with Crippen LogP contribution in [-0.4, -0.2) is 40.8 Å². The lowest BCUT2D eigenvalue weighted by Crippen LogP contribution is -2.17. The zero-order valence-electron chi connectivity index (χ0n) is 18.9. The molecule has 2 aromatic carbocycles. The van der Waals surface area contributed by atoms with Crippen LogP contribution < -0.4 is 5.32 Å². The first-order chi connectivity index (χ1) is 16.2. The number of nitrogens with one attached hydrogen (secondary N) is 2. The lowest BCUT2D eigenvalue weighted by molar-refractivity contribution is -0.113. The maximum Gasteiger partial charge on any atom is 0.339 e. The van der Waals surface area contributed by atoms with Gasteiger partial charge in [-0.05, 0) is 62.7 Å². The zero-order valence-corrected chi connectivity index (χ0v) is 19.7. The van der Waals surface area contributed by atoms with Gasteiger partial charge in [-0.1, -0.05) is 12.1 Å². The molecule has 9 heteroatoms. The van der Waals surface area contributed by atoms with Gasteiger partial charge in [-0.25, -0.2) is 9.18 Å². The number of H-pyrrole nitrogens is 1. The molecular weight excluding hydrogens is 459 g/mol. The van der Waals surface area contributed by atoms with Gasteiger partial charge in [0.15, 0.2) is 12.4 Å². The first-order valence-corrected chi connectivity index (χ1v) is 11.3. The topological polar surface area (TPSA) is 105 Å². The summed E-state index contributed by atoms with van der Waals surface area (Å²) in [6.07, 6.45) is 0. The maximum atomic E-state index is 13.0. The van der Waals surface area contributed by atoms with Crippen molar-refractivity contribution < 1.29 is 28.3 Å². The molecule has 0 bridgehead atoms. The molecule has 3 aromatic rings. The Labute approximate surface area is 200 Å². The van der Waals surface area contributed by atoms with E-state index in [9.17, 15) is 23.6 Å². The summed E-state index contributed by atoms with van der Waals surface area (Å²) < 4.78 is 18.2. The number of carbonyl (C=O) groups excluding carboxylic acids is 4. The molecule has 0 aliphatic carbocycles. The molecule has 2 N–H and O–H groups in total. The minimum absolute atomic E-state index is 0.00930. The fourth-order valence-electron chi connectivity index (χ4n) is 3.47. The average molecular weight is 483 g/mol. The molecular formula is C25H23FN2O5S. The van der Waals surface area contributed by atoms with Crippen LogP contribution in [0.5, 0.6) is 0 Å². The number of Topliss-reactive ketones (excluding diaryl/α,β-unsaturated/α-hetero) is 2. The van der Waals surface area contributed by atoms with E-state index in [0.717, 1.165) is 11.8 Å². The Kier molecular flexibility index (Phi) is 8.01. The maximum absolute atomic E-state index is 13.0. The Bertz CT molecular complexity index is 1250. The molecule has 0 spiro atoms. The summed E-state index contributed by atoms with van der Waals surface area (Å²) in [5.74, 6) is -2.03. The summed E-state index contributed by atoms with van der Waals surface area (Å²) in [6, 6.07) is 12.0. The third-order valence-corrected chi connectivity index (χ3v) is 6.07. The second kappa shape index (κ2) is 10.9. The van der Waals surface area contributed by atoms with Crippen LogP contribution in [0.1, 0.15) is 49.4 Å². The van der Waals surface area contributed by atoms with Crippen molar-refractivity contribution in [2.24, 2.45) is 0 Å². The molecule has 0 atom stereocenters. The van der Waals surface area contributed by atoms with Gasteiger partial charge in [0, 0.05) is 21.8 Å². The number of aromatic amines is 1. The van der Waals surface area contributed by atoms with Crippen molar-refractivity contribution in [2.75, 3.05) is 17.7 Å². The number of ketones is 2. The van der Waals surface area contributed by atoms with Crippen LogP contribution in [-0.2, 0) is 9.53 Å². The van der Waals surface area contributed by atoms with E-state index < -0.39 is 24.2 Å². The van der Waals surface area contributed by atoms with Crippen molar-refractivity contribution in [1.29, 1.82) is 0 Å². The quantitative estimate of drug-likeness (QED) is 0.259. The van der Waals surface area contributed by atoms with E-state index in [4.69, 9.17) is 4.74 Å². The van der Waals surface area contributed by atoms with Gasteiger partial charge >= 0.3 is 5.97 Å². The summed E-state index contributed by atoms with van der Waals surface area (Å²) >= 11 is 1.13. The van der Waals surface area contributed by atoms with Crippen molar-refractivity contribution in [3.05, 3.63) is 82.4 Å². The first-order valence-electron chi connectivity index (χ1n) is 10.3. The van der Waals surface area contributed by atoms with Crippen molar-refractivity contribution in [1.82, 2.24) is 4.98 Å². The van der Waals surface area contributed by atoms with E-state index in [0.29, 0.717) is 27.4 Å². The standard InChI is InChI=1S/C25H23FN2O5S/c1-14-23(16(3)29)15(2)27-24(14)20(30)12-33-25(32)19-6-4-5-7-21(19)34-13-22(31)28-18-10-8-17(26)9-11-18/h4-11,27H,12-13H2,1-3H3,(H,28,31). The van der Waals surface area contributed by atoms with Crippen LogP contribution in [0.3, 0.4) is 0 Å². The van der Waals surface area contributed by atoms with Gasteiger partial charge in [0.05, 0.1) is 17.0 Å². The van der Waals surface area contributed by atoms with Crippen LogP contribution in [0.4, 0.5) is 10.1 Å². The molecule has 34 heavy (non-hydrogen) atoms. The van der Waals surface area contributed by atoms with E-state index in [1.807, 2.05) is 0 Å². The van der Waals surface area contributed by atoms with E-state index in [1.54, 1.807) is 38.1 Å². The number of amides is 1. The summed E-state index contributed by atoms with van der Waals surface area (Å²) in [4.78, 5) is 52.6. The Balaban J connectivity index is 1.61. The predicted molar refractivity (Wildman–Crippen MR) is 127 cm³/mol. The number of aromatic nitrogens is 1. The molecule has 0 unspecified atom stereocenters. The molecule has 0 saturated carbocycles. The number of halogens is 1. The molecule has 176 valence electrons. The van der Waals surface area contributed by atoms with Crippen LogP contribution in [0.15, 0.2) is 53.4 Å². The number of esters is 1. The largest absolute Gasteiger partial charge is 0.454 e. The number of hydrogen-bond donors (Lipinski definition) is 2. The molecule has 7 nitrogen and oxygen atoms in total. The first kappa shape index (κ1) is 24.9. The van der Waals surface area contributed by atoms with Crippen molar-refractivity contribution in [3.8, 4) is 0 Å². The van der Waals surface area contributed by atoms with Crippen molar-refractivity contribution in [3.63, 3.8) is 0 Å². The van der Waals surface area contributed by atoms with E-state index >= 15 is 0 Å². The number of anilines is 1. The Morgan fingerprint density at radius 3 is 2.35 bits per heavy atom. The van der Waals surface area contributed by atoms with Crippen molar-refractivity contribution >= 4 is 40.9 Å². The van der Waals surface area contributed by atoms with Gasteiger partial charge in [-0.15, -0.1) is 11.8 Å². The molecule has 0 aliphatic rings. The molecule has 1 heterocycles. The second-order valence-corrected chi connectivity index (χ2v) is 8.54. The number of aryl methyl sites for hydroxylation is 1. The highest BCUT2D eigenvalue weighted by Crippen LogP contribution is 2.24. The number of rotatable bonds is 9. The lowest BCUT2D eigenvalue weighted by atomic mass is 10.1. The monoisotopic (exact) mass is 482 g/mol. The molecule has 0 radical (unpaired) electrons. The number of hydrogen-bond acceptors (Lipinski definition) is 6. The summed E-state index contributed by atoms with van der Waals surface area (Å²) in [7, 11) is 0. The summed E-state index contributed by atoms with van der Waals surface area (Å²) in [5, 5.41) is 2.65. The van der Waals surface area contributed by atoms with Gasteiger partial charge in [0.1, 0.15) is 5.82 Å². The third kappa shape index (κ3) is 5.99. The fourth-order valence-corrected chi connectivity index (χ4v) is 4.31. The molecule has 0 aliphatic heterocycles. The Morgan fingerprint density at radius 1 is 1.03 bits per heavy atom. The molecule has 1 amide bonds. The highest BCUT2D eigenvalue weighted by molar-refractivity contribution is 8.00. The van der Waals surface area contributed by atoms with Crippen LogP contribution >= 0.6 is 11.8 Å². The number of carbonyl (C=O) groups is 4. The second-order valence-electron chi connectivity index (χ2n) is 7.52. The molecule has 0 saturated heterocycles. The fraction of sp³-hybridized carbons (Fsp3) is 0.200. The highest BCUT2D eigenvalue weighted by atomic mass is 32.2. The van der Waals surface area contributed by atoms with E-state index in [1.165, 1.54) is 31.2 Å². The molecule has 0 fully saturated rings. The lowest BCUT2D eigenvalue weighted by Gasteiger charge is -2.10. The predicted octanol–water partition coefficient (Wildman–Crippen LogP) is 4.74. The van der Waals surface area contributed by atoms with Gasteiger partial charge in [-0.2, -0.15) is 0 Å². The van der Waals surface area contributed by atoms with Gasteiger partial charge < -0.3 is 15.0 Å². The van der Waals surface area contributed by atoms with Crippen LogP contribution in [0.25, 0.3) is 0 Å². The number of ether oxygens (including phenoxy) is 1. The van der Waals surface area contributed by atoms with Crippen LogP contribution in [0, 0.1) is 19.7 Å².